The maximum Gasteiger partial charge on any atom is 0.238 e. The Balaban J connectivity index is 1.89. The molecule has 1 N–H and O–H groups in total. The number of hydrogen-bond acceptors (Lipinski definition) is 6. The van der Waals surface area contributed by atoms with Crippen LogP contribution in [0, 0.1) is 28.1 Å². The van der Waals surface area contributed by atoms with Crippen molar-refractivity contribution in [2.45, 2.75) is 44.4 Å². The number of carbonyl (C=O) groups is 1. The molecule has 2 atom stereocenters. The van der Waals surface area contributed by atoms with Gasteiger partial charge in [-0.3, -0.25) is 4.79 Å². The van der Waals surface area contributed by atoms with Gasteiger partial charge in [-0.2, -0.15) is 10.5 Å². The van der Waals surface area contributed by atoms with E-state index in [0.717, 1.165) is 6.42 Å². The van der Waals surface area contributed by atoms with Gasteiger partial charge in [0.25, 0.3) is 0 Å². The van der Waals surface area contributed by atoms with E-state index in [1.807, 2.05) is 26.0 Å². The molecule has 2 aliphatic rings. The molecule has 2 aromatic heterocycles. The van der Waals surface area contributed by atoms with Crippen molar-refractivity contribution >= 4 is 23.3 Å². The third kappa shape index (κ3) is 2.03. The van der Waals surface area contributed by atoms with Crippen LogP contribution in [0.25, 0.3) is 0 Å². The van der Waals surface area contributed by atoms with E-state index in [9.17, 15) is 15.3 Å². The molecule has 1 amide bonds. The first-order valence-corrected chi connectivity index (χ1v) is 9.25. The number of nitrogens with one attached hydrogen (secondary N) is 1. The van der Waals surface area contributed by atoms with Crippen molar-refractivity contribution in [2.75, 3.05) is 5.32 Å². The second-order valence-corrected chi connectivity index (χ2v) is 8.46. The Morgan fingerprint density at radius 3 is 2.32 bits per heavy atom. The monoisotopic (exact) mass is 392 g/mol. The topological polar surface area (TPSA) is 115 Å². The molecule has 8 heteroatoms. The minimum atomic E-state index is -0.967. The van der Waals surface area contributed by atoms with E-state index in [0.29, 0.717) is 28.6 Å². The normalized spacial score (nSPS) is 26.2. The summed E-state index contributed by atoms with van der Waals surface area (Å²) in [6.07, 6.45) is 2.78. The summed E-state index contributed by atoms with van der Waals surface area (Å²) >= 11 is 5.88. The third-order valence-corrected chi connectivity index (χ3v) is 7.06. The standard InChI is InChI=1S/C20H17ClN6O/c1-18(2)19(3)6-7-20(18,17(28)27-14-5-4-11(21)10-24-14)16-15(19)25-12(8-22)13(9-23)26-16/h4-5,10H,6-7H2,1-3H3,(H,24,27,28). The van der Waals surface area contributed by atoms with Crippen LogP contribution in [0.2, 0.25) is 5.02 Å². The van der Waals surface area contributed by atoms with E-state index >= 15 is 0 Å². The molecule has 0 aromatic carbocycles. The molecule has 1 fully saturated rings. The van der Waals surface area contributed by atoms with Gasteiger partial charge in [0, 0.05) is 11.6 Å². The molecule has 1 saturated carbocycles. The van der Waals surface area contributed by atoms with Crippen molar-refractivity contribution in [2.24, 2.45) is 5.41 Å². The highest BCUT2D eigenvalue weighted by Crippen LogP contribution is 2.70. The van der Waals surface area contributed by atoms with Gasteiger partial charge in [-0.1, -0.05) is 32.4 Å². The minimum Gasteiger partial charge on any atom is -0.310 e. The number of nitriles is 2. The zero-order chi connectivity index (χ0) is 20.3. The summed E-state index contributed by atoms with van der Waals surface area (Å²) in [7, 11) is 0. The van der Waals surface area contributed by atoms with E-state index in [-0.39, 0.29) is 17.3 Å². The van der Waals surface area contributed by atoms with Crippen molar-refractivity contribution in [3.63, 3.8) is 0 Å². The summed E-state index contributed by atoms with van der Waals surface area (Å²) in [5.41, 5.74) is -0.831. The SMILES string of the molecule is CC12CCC(C(=O)Nc3ccc(Cl)cn3)(c3nc(C#N)c(C#N)nc31)C2(C)C. The molecule has 0 aliphatic heterocycles. The van der Waals surface area contributed by atoms with E-state index in [2.05, 4.69) is 27.2 Å². The molecule has 4 rings (SSSR count). The fraction of sp³-hybridized carbons (Fsp3) is 0.400. The summed E-state index contributed by atoms with van der Waals surface area (Å²) in [5, 5.41) is 22.1. The van der Waals surface area contributed by atoms with Crippen LogP contribution in [0.4, 0.5) is 5.82 Å². The smallest absolute Gasteiger partial charge is 0.238 e. The largest absolute Gasteiger partial charge is 0.310 e. The molecule has 2 aliphatic carbocycles. The fourth-order valence-electron chi connectivity index (χ4n) is 4.81. The molecule has 0 saturated heterocycles. The summed E-state index contributed by atoms with van der Waals surface area (Å²) < 4.78 is 0. The molecule has 28 heavy (non-hydrogen) atoms. The Bertz CT molecular complexity index is 1100. The van der Waals surface area contributed by atoms with Gasteiger partial charge in [-0.25, -0.2) is 15.0 Å². The third-order valence-electron chi connectivity index (χ3n) is 6.84. The molecule has 7 nitrogen and oxygen atoms in total. The fourth-order valence-corrected chi connectivity index (χ4v) is 4.93. The first-order valence-electron chi connectivity index (χ1n) is 8.87. The van der Waals surface area contributed by atoms with Crippen LogP contribution in [-0.4, -0.2) is 20.9 Å². The van der Waals surface area contributed by atoms with Crippen LogP contribution < -0.4 is 5.32 Å². The number of anilines is 1. The van der Waals surface area contributed by atoms with Gasteiger partial charge in [-0.15, -0.1) is 0 Å². The van der Waals surface area contributed by atoms with Crippen LogP contribution in [0.3, 0.4) is 0 Å². The molecule has 0 spiro atoms. The van der Waals surface area contributed by atoms with Crippen molar-refractivity contribution in [1.29, 1.82) is 10.5 Å². The molecular weight excluding hydrogens is 376 g/mol. The van der Waals surface area contributed by atoms with Gasteiger partial charge >= 0.3 is 0 Å². The molecule has 2 unspecified atom stereocenters. The maximum atomic E-state index is 13.6. The van der Waals surface area contributed by atoms with Crippen molar-refractivity contribution in [1.82, 2.24) is 15.0 Å². The number of nitrogens with zero attached hydrogens (tertiary/aromatic N) is 5. The Morgan fingerprint density at radius 2 is 1.75 bits per heavy atom. The van der Waals surface area contributed by atoms with Gasteiger partial charge in [0.2, 0.25) is 5.91 Å². The lowest BCUT2D eigenvalue weighted by atomic mass is 9.63. The number of aromatic nitrogens is 3. The Labute approximate surface area is 167 Å². The number of carbonyl (C=O) groups excluding carboxylic acids is 1. The lowest BCUT2D eigenvalue weighted by molar-refractivity contribution is -0.125. The predicted octanol–water partition coefficient (Wildman–Crippen LogP) is 3.24. The highest BCUT2D eigenvalue weighted by atomic mass is 35.5. The number of amides is 1. The number of halogens is 1. The summed E-state index contributed by atoms with van der Waals surface area (Å²) in [4.78, 5) is 26.7. The van der Waals surface area contributed by atoms with Crippen LogP contribution in [0.15, 0.2) is 18.3 Å². The van der Waals surface area contributed by atoms with Gasteiger partial charge in [0.05, 0.1) is 21.8 Å². The van der Waals surface area contributed by atoms with E-state index in [1.165, 1.54) is 6.20 Å². The highest BCUT2D eigenvalue weighted by Gasteiger charge is 2.73. The predicted molar refractivity (Wildman–Crippen MR) is 101 cm³/mol. The minimum absolute atomic E-state index is 0.000695. The van der Waals surface area contributed by atoms with Crippen LogP contribution >= 0.6 is 11.6 Å². The quantitative estimate of drug-likeness (QED) is 0.838. The number of hydrogen-bond donors (Lipinski definition) is 1. The summed E-state index contributed by atoms with van der Waals surface area (Å²) in [6.45, 7) is 6.10. The maximum absolute atomic E-state index is 13.6. The molecule has 2 aromatic rings. The summed E-state index contributed by atoms with van der Waals surface area (Å²) in [5.74, 6) is 0.154. The van der Waals surface area contributed by atoms with Crippen molar-refractivity contribution in [3.05, 3.63) is 46.1 Å². The number of fused-ring (bicyclic) bond motifs is 5. The second-order valence-electron chi connectivity index (χ2n) is 8.02. The van der Waals surface area contributed by atoms with E-state index in [4.69, 9.17) is 11.6 Å². The van der Waals surface area contributed by atoms with Crippen molar-refractivity contribution < 1.29 is 4.79 Å². The molecule has 2 bridgehead atoms. The van der Waals surface area contributed by atoms with Crippen molar-refractivity contribution in [3.8, 4) is 12.1 Å². The lowest BCUT2D eigenvalue weighted by Crippen LogP contribution is -2.48. The molecular formula is C20H17ClN6O. The first kappa shape index (κ1) is 18.3. The first-order chi connectivity index (χ1) is 13.2. The molecule has 140 valence electrons. The van der Waals surface area contributed by atoms with Gasteiger partial charge in [-0.05, 0) is 30.4 Å². The number of rotatable bonds is 2. The van der Waals surface area contributed by atoms with E-state index < -0.39 is 16.2 Å². The Morgan fingerprint density at radius 1 is 1.11 bits per heavy atom. The van der Waals surface area contributed by atoms with Crippen LogP contribution in [-0.2, 0) is 15.6 Å². The zero-order valence-corrected chi connectivity index (χ0v) is 16.4. The van der Waals surface area contributed by atoms with Gasteiger partial charge in [0.15, 0.2) is 11.4 Å². The van der Waals surface area contributed by atoms with Gasteiger partial charge < -0.3 is 5.32 Å². The zero-order valence-electron chi connectivity index (χ0n) is 15.7. The van der Waals surface area contributed by atoms with Gasteiger partial charge in [0.1, 0.15) is 18.0 Å². The molecule has 0 radical (unpaired) electrons. The highest BCUT2D eigenvalue weighted by molar-refractivity contribution is 6.30. The average Bonchev–Trinajstić information content (AvgIpc) is 2.98. The number of pyridine rings is 1. The van der Waals surface area contributed by atoms with Crippen LogP contribution in [0.5, 0.6) is 0 Å². The van der Waals surface area contributed by atoms with E-state index in [1.54, 1.807) is 12.1 Å². The summed E-state index contributed by atoms with van der Waals surface area (Å²) in [6, 6.07) is 7.17. The lowest BCUT2D eigenvalue weighted by Gasteiger charge is -2.39. The Hall–Kier alpha value is -3.03. The molecule has 2 heterocycles. The van der Waals surface area contributed by atoms with Crippen LogP contribution in [0.1, 0.15) is 56.4 Å². The Kier molecular flexibility index (Phi) is 3.75. The second kappa shape index (κ2) is 5.73. The average molecular weight is 393 g/mol.